The number of aromatic hydroxyl groups is 1. The van der Waals surface area contributed by atoms with Crippen LogP contribution in [0.15, 0.2) is 30.3 Å². The molecule has 0 radical (unpaired) electrons. The van der Waals surface area contributed by atoms with Crippen LogP contribution in [0.4, 0.5) is 5.69 Å². The van der Waals surface area contributed by atoms with Crippen molar-refractivity contribution in [1.82, 2.24) is 9.80 Å². The normalized spacial score (nSPS) is 27.7. The van der Waals surface area contributed by atoms with Gasteiger partial charge in [-0.2, -0.15) is 0 Å². The monoisotopic (exact) mass is 620 g/mol. The van der Waals surface area contributed by atoms with Gasteiger partial charge in [0, 0.05) is 23.7 Å². The maximum absolute atomic E-state index is 14.1. The number of nitrogens with two attached hydrogens (primary N) is 1. The highest BCUT2D eigenvalue weighted by Gasteiger charge is 2.69. The zero-order chi connectivity index (χ0) is 33.0. The molecule has 3 aliphatic carbocycles. The molecule has 2 unspecified atom stereocenters. The Morgan fingerprint density at radius 2 is 1.78 bits per heavy atom. The summed E-state index contributed by atoms with van der Waals surface area (Å²) in [5.41, 5.74) is 5.21. The maximum atomic E-state index is 14.1. The molecule has 5 N–H and O–H groups in total. The Balaban J connectivity index is 1.58. The van der Waals surface area contributed by atoms with E-state index in [1.807, 2.05) is 32.3 Å². The number of fused-ring (bicyclic) bond motifs is 3. The highest BCUT2D eigenvalue weighted by molar-refractivity contribution is 6.32. The molecule has 2 saturated carbocycles. The van der Waals surface area contributed by atoms with E-state index in [0.29, 0.717) is 22.4 Å². The van der Waals surface area contributed by atoms with Crippen LogP contribution in [0.3, 0.4) is 0 Å². The summed E-state index contributed by atoms with van der Waals surface area (Å²) < 4.78 is 5.67. The molecule has 0 aliphatic heterocycles. The molecule has 0 spiro atoms. The number of hydrogen-bond donors (Lipinski definition) is 4. The van der Waals surface area contributed by atoms with Crippen molar-refractivity contribution in [2.45, 2.75) is 30.9 Å². The first-order valence-electron chi connectivity index (χ1n) is 15.0. The van der Waals surface area contributed by atoms with E-state index < -0.39 is 64.4 Å². The van der Waals surface area contributed by atoms with Gasteiger partial charge in [-0.05, 0) is 95.3 Å². The van der Waals surface area contributed by atoms with Crippen LogP contribution in [0.25, 0.3) is 11.1 Å². The van der Waals surface area contributed by atoms with Crippen LogP contribution in [-0.2, 0) is 25.6 Å². The van der Waals surface area contributed by atoms with Crippen LogP contribution in [0.2, 0.25) is 0 Å². The van der Waals surface area contributed by atoms with Crippen molar-refractivity contribution in [2.24, 2.45) is 29.4 Å². The highest BCUT2D eigenvalue weighted by Crippen LogP contribution is 2.52. The summed E-state index contributed by atoms with van der Waals surface area (Å²) in [5, 5.41) is 26.1. The average Bonchev–Trinajstić information content (AvgIpc) is 2.97. The largest absolute Gasteiger partial charge is 0.507 e. The summed E-state index contributed by atoms with van der Waals surface area (Å²) in [7, 11) is 8.66. The molecule has 2 aromatic carbocycles. The van der Waals surface area contributed by atoms with Crippen LogP contribution in [0.5, 0.6) is 11.5 Å². The molecule has 5 rings (SSSR count). The summed E-state index contributed by atoms with van der Waals surface area (Å²) in [5.74, 6) is -10.3. The number of carbonyl (C=O) groups is 5. The van der Waals surface area contributed by atoms with Gasteiger partial charge in [-0.3, -0.25) is 28.9 Å². The SMILES string of the molecule is COc1ccc(NCCCN(C)C)cc1-c1ccc(O)c2c1C[C@@H]1C[C@@H]3[C@@H](N(C)C)C(=O)C(C(N)=O)C(=O)[C@]3(O)C(=O)C1C2=O. The second-order valence-electron chi connectivity index (χ2n) is 12.8. The Labute approximate surface area is 261 Å². The third-order valence-corrected chi connectivity index (χ3v) is 9.55. The van der Waals surface area contributed by atoms with Gasteiger partial charge in [0.15, 0.2) is 34.7 Å². The Morgan fingerprint density at radius 3 is 2.40 bits per heavy atom. The smallest absolute Gasteiger partial charge is 0.235 e. The lowest BCUT2D eigenvalue weighted by Gasteiger charge is -2.52. The number of aliphatic hydroxyl groups is 1. The fraction of sp³-hybridized carbons (Fsp3) is 0.485. The predicted molar refractivity (Wildman–Crippen MR) is 165 cm³/mol. The lowest BCUT2D eigenvalue weighted by molar-refractivity contribution is -0.181. The molecule has 2 aromatic rings. The van der Waals surface area contributed by atoms with Gasteiger partial charge in [0.2, 0.25) is 5.91 Å². The van der Waals surface area contributed by atoms with E-state index in [-0.39, 0.29) is 24.2 Å². The molecular weight excluding hydrogens is 580 g/mol. The van der Waals surface area contributed by atoms with E-state index in [2.05, 4.69) is 10.2 Å². The first kappa shape index (κ1) is 32.3. The van der Waals surface area contributed by atoms with Crippen molar-refractivity contribution in [1.29, 1.82) is 0 Å². The van der Waals surface area contributed by atoms with Gasteiger partial charge in [-0.25, -0.2) is 0 Å². The quantitative estimate of drug-likeness (QED) is 0.231. The molecule has 0 heterocycles. The number of rotatable bonds is 9. The summed E-state index contributed by atoms with van der Waals surface area (Å²) in [6.45, 7) is 1.64. The lowest BCUT2D eigenvalue weighted by Crippen LogP contribution is -2.74. The topological polar surface area (TPSA) is 180 Å². The molecule has 3 aliphatic rings. The molecule has 240 valence electrons. The first-order chi connectivity index (χ1) is 21.2. The van der Waals surface area contributed by atoms with Crippen LogP contribution in [-0.4, -0.2) is 109 Å². The number of phenolic OH excluding ortho intramolecular Hbond substituents is 1. The predicted octanol–water partition coefficient (Wildman–Crippen LogP) is 0.906. The second kappa shape index (κ2) is 12.0. The van der Waals surface area contributed by atoms with Gasteiger partial charge < -0.3 is 30.9 Å². The minimum absolute atomic E-state index is 0.0242. The lowest BCUT2D eigenvalue weighted by atomic mass is 9.52. The number of primary amides is 1. The maximum Gasteiger partial charge on any atom is 0.235 e. The van der Waals surface area contributed by atoms with E-state index in [4.69, 9.17) is 10.5 Å². The minimum Gasteiger partial charge on any atom is -0.507 e. The number of likely N-dealkylation sites (N-methyl/N-ethyl adjacent to an activating group) is 1. The number of nitrogens with zero attached hydrogens (tertiary/aromatic N) is 2. The fourth-order valence-corrected chi connectivity index (χ4v) is 7.51. The van der Waals surface area contributed by atoms with Gasteiger partial charge in [0.25, 0.3) is 0 Å². The minimum atomic E-state index is -2.76. The first-order valence-corrected chi connectivity index (χ1v) is 15.0. The number of benzene rings is 2. The van der Waals surface area contributed by atoms with Crippen LogP contribution in [0.1, 0.15) is 28.8 Å². The number of Topliss-reactive ketones (excluding diaryl/α,β-unsaturated/α-hetero) is 4. The molecule has 12 heteroatoms. The van der Waals surface area contributed by atoms with Gasteiger partial charge in [-0.15, -0.1) is 0 Å². The van der Waals surface area contributed by atoms with Gasteiger partial charge in [0.1, 0.15) is 11.5 Å². The van der Waals surface area contributed by atoms with Crippen molar-refractivity contribution in [3.05, 3.63) is 41.5 Å². The molecule has 2 fully saturated rings. The second-order valence-corrected chi connectivity index (χ2v) is 12.8. The number of amides is 1. The van der Waals surface area contributed by atoms with E-state index >= 15 is 0 Å². The van der Waals surface area contributed by atoms with Crippen molar-refractivity contribution >= 4 is 34.7 Å². The van der Waals surface area contributed by atoms with Crippen LogP contribution < -0.4 is 15.8 Å². The van der Waals surface area contributed by atoms with Crippen LogP contribution >= 0.6 is 0 Å². The van der Waals surface area contributed by atoms with E-state index in [1.54, 1.807) is 20.2 Å². The summed E-state index contributed by atoms with van der Waals surface area (Å²) in [6, 6.07) is 7.53. The number of hydrogen-bond acceptors (Lipinski definition) is 11. The molecule has 6 atom stereocenters. The molecule has 12 nitrogen and oxygen atoms in total. The Kier molecular flexibility index (Phi) is 8.60. The summed E-state index contributed by atoms with van der Waals surface area (Å²) in [6.07, 6.45) is 1.05. The number of nitrogens with one attached hydrogen (secondary N) is 1. The Bertz CT molecular complexity index is 1590. The van der Waals surface area contributed by atoms with Crippen molar-refractivity contribution in [3.8, 4) is 22.6 Å². The van der Waals surface area contributed by atoms with Gasteiger partial charge in [-0.1, -0.05) is 6.07 Å². The average molecular weight is 621 g/mol. The van der Waals surface area contributed by atoms with Gasteiger partial charge in [0.05, 0.1) is 24.6 Å². The molecule has 1 amide bonds. The standard InChI is InChI=1S/C33H40N4O8/c1-36(2)12-6-11-35-17-7-10-23(45-5)19(15-17)18-8-9-22(38)25-20(18)13-16-14-21-27(37(3)4)29(40)26(32(34)43)31(42)33(21,44)30(41)24(16)28(25)39/h7-10,15-16,21,24,26-27,35,38,44H,6,11-14H2,1-5H3,(H2,34,43)/t16-,21-,24?,26?,27-,33-/m1/s1. The number of ether oxygens (including phenoxy) is 1. The Hall–Kier alpha value is -4.13. The van der Waals surface area contributed by atoms with E-state index in [1.165, 1.54) is 18.1 Å². The molecule has 45 heavy (non-hydrogen) atoms. The summed E-state index contributed by atoms with van der Waals surface area (Å²) >= 11 is 0. The van der Waals surface area contributed by atoms with E-state index in [9.17, 15) is 34.2 Å². The zero-order valence-electron chi connectivity index (χ0n) is 26.1. The van der Waals surface area contributed by atoms with Crippen molar-refractivity contribution in [2.75, 3.05) is 53.7 Å². The number of ketones is 4. The number of anilines is 1. The Morgan fingerprint density at radius 1 is 1.07 bits per heavy atom. The summed E-state index contributed by atoms with van der Waals surface area (Å²) in [4.78, 5) is 70.8. The highest BCUT2D eigenvalue weighted by atomic mass is 16.5. The van der Waals surface area contributed by atoms with Gasteiger partial charge >= 0.3 is 0 Å². The number of methoxy groups -OCH3 is 1. The fourth-order valence-electron chi connectivity index (χ4n) is 7.51. The third-order valence-electron chi connectivity index (χ3n) is 9.55. The number of carbonyl (C=O) groups excluding carboxylic acids is 5. The van der Waals surface area contributed by atoms with Crippen LogP contribution in [0, 0.1) is 23.7 Å². The zero-order valence-corrected chi connectivity index (χ0v) is 26.1. The molecular formula is C33H40N4O8. The third kappa shape index (κ3) is 5.20. The molecule has 0 saturated heterocycles. The molecule has 0 bridgehead atoms. The van der Waals surface area contributed by atoms with Crippen molar-refractivity contribution in [3.63, 3.8) is 0 Å². The van der Waals surface area contributed by atoms with E-state index in [0.717, 1.165) is 25.2 Å². The number of phenols is 1. The molecule has 0 aromatic heterocycles. The van der Waals surface area contributed by atoms with Crippen molar-refractivity contribution < 1.29 is 38.9 Å².